The first-order chi connectivity index (χ1) is 14.2. The second kappa shape index (κ2) is 9.55. The molecule has 0 aromatic carbocycles. The van der Waals surface area contributed by atoms with Crippen LogP contribution >= 0.6 is 0 Å². The van der Waals surface area contributed by atoms with E-state index in [0.717, 1.165) is 62.6 Å². The molecule has 2 aromatic heterocycles. The lowest BCUT2D eigenvalue weighted by Crippen LogP contribution is -2.50. The van der Waals surface area contributed by atoms with Gasteiger partial charge in [0.2, 0.25) is 5.91 Å². The number of aromatic nitrogens is 1. The Balaban J connectivity index is 1.23. The Morgan fingerprint density at radius 2 is 2.07 bits per heavy atom. The summed E-state index contributed by atoms with van der Waals surface area (Å²) in [5.41, 5.74) is 1.05. The maximum absolute atomic E-state index is 12.7. The fraction of sp³-hybridized carbons (Fsp3) is 0.565. The first-order valence-corrected chi connectivity index (χ1v) is 10.9. The number of nitrogens with zero attached hydrogens (tertiary/aromatic N) is 3. The van der Waals surface area contributed by atoms with E-state index in [1.807, 2.05) is 31.3 Å². The van der Waals surface area contributed by atoms with Gasteiger partial charge in [0, 0.05) is 44.6 Å². The molecule has 0 unspecified atom stereocenters. The largest absolute Gasteiger partial charge is 0.465 e. The van der Waals surface area contributed by atoms with Gasteiger partial charge in [-0.1, -0.05) is 6.07 Å². The number of nitrogens with one attached hydrogen (secondary N) is 1. The SMILES string of the molecule is Cc1ccc(CN2CCC(N3CCC[C@@H](C(=O)NCc4cccnc4)C3)CC2)o1. The van der Waals surface area contributed by atoms with Crippen molar-refractivity contribution in [3.8, 4) is 0 Å². The third kappa shape index (κ3) is 5.46. The normalized spacial score (nSPS) is 21.9. The molecule has 4 rings (SSSR count). The maximum atomic E-state index is 12.7. The van der Waals surface area contributed by atoms with Crippen molar-refractivity contribution in [3.63, 3.8) is 0 Å². The fourth-order valence-corrected chi connectivity index (χ4v) is 4.62. The average Bonchev–Trinajstić information content (AvgIpc) is 3.18. The van der Waals surface area contributed by atoms with E-state index < -0.39 is 0 Å². The third-order valence-corrected chi connectivity index (χ3v) is 6.26. The smallest absolute Gasteiger partial charge is 0.224 e. The van der Waals surface area contributed by atoms with Gasteiger partial charge in [-0.15, -0.1) is 0 Å². The molecular weight excluding hydrogens is 364 g/mol. The lowest BCUT2D eigenvalue weighted by molar-refractivity contribution is -0.127. The number of hydrogen-bond acceptors (Lipinski definition) is 5. The van der Waals surface area contributed by atoms with Crippen molar-refractivity contribution >= 4 is 5.91 Å². The van der Waals surface area contributed by atoms with Crippen molar-refractivity contribution in [2.75, 3.05) is 26.2 Å². The highest BCUT2D eigenvalue weighted by molar-refractivity contribution is 5.78. The van der Waals surface area contributed by atoms with Crippen molar-refractivity contribution in [1.82, 2.24) is 20.1 Å². The molecule has 156 valence electrons. The first-order valence-electron chi connectivity index (χ1n) is 10.9. The molecule has 0 aliphatic carbocycles. The number of carbonyl (C=O) groups excluding carboxylic acids is 1. The Kier molecular flexibility index (Phi) is 6.62. The molecule has 0 bridgehead atoms. The van der Waals surface area contributed by atoms with Crippen LogP contribution in [0.2, 0.25) is 0 Å². The van der Waals surface area contributed by atoms with Crippen LogP contribution in [0, 0.1) is 12.8 Å². The minimum atomic E-state index is 0.101. The Bertz CT molecular complexity index is 783. The van der Waals surface area contributed by atoms with E-state index in [1.165, 1.54) is 12.8 Å². The van der Waals surface area contributed by atoms with E-state index >= 15 is 0 Å². The Morgan fingerprint density at radius 1 is 1.21 bits per heavy atom. The molecule has 2 saturated heterocycles. The van der Waals surface area contributed by atoms with E-state index in [1.54, 1.807) is 6.20 Å². The van der Waals surface area contributed by atoms with Gasteiger partial charge in [-0.05, 0) is 62.9 Å². The van der Waals surface area contributed by atoms with Crippen LogP contribution in [0.4, 0.5) is 0 Å². The summed E-state index contributed by atoms with van der Waals surface area (Å²) in [5.74, 6) is 2.33. The number of amides is 1. The number of pyridine rings is 1. The molecule has 6 nitrogen and oxygen atoms in total. The van der Waals surface area contributed by atoms with Crippen molar-refractivity contribution in [3.05, 3.63) is 53.7 Å². The van der Waals surface area contributed by atoms with Gasteiger partial charge in [0.15, 0.2) is 0 Å². The number of carbonyl (C=O) groups is 1. The zero-order valence-electron chi connectivity index (χ0n) is 17.3. The maximum Gasteiger partial charge on any atom is 0.224 e. The summed E-state index contributed by atoms with van der Waals surface area (Å²) in [4.78, 5) is 21.8. The summed E-state index contributed by atoms with van der Waals surface area (Å²) < 4.78 is 5.72. The van der Waals surface area contributed by atoms with Gasteiger partial charge in [0.25, 0.3) is 0 Å². The minimum Gasteiger partial charge on any atom is -0.465 e. The van der Waals surface area contributed by atoms with Crippen LogP contribution in [0.25, 0.3) is 0 Å². The lowest BCUT2D eigenvalue weighted by atomic mass is 9.93. The van der Waals surface area contributed by atoms with Gasteiger partial charge in [-0.3, -0.25) is 19.6 Å². The van der Waals surface area contributed by atoms with Gasteiger partial charge in [0.1, 0.15) is 11.5 Å². The molecule has 2 aromatic rings. The fourth-order valence-electron chi connectivity index (χ4n) is 4.62. The van der Waals surface area contributed by atoms with Crippen molar-refractivity contribution < 1.29 is 9.21 Å². The molecule has 2 aliphatic heterocycles. The van der Waals surface area contributed by atoms with Crippen LogP contribution in [-0.2, 0) is 17.9 Å². The van der Waals surface area contributed by atoms with Crippen LogP contribution in [0.1, 0.15) is 42.8 Å². The molecule has 29 heavy (non-hydrogen) atoms. The van der Waals surface area contributed by atoms with E-state index in [2.05, 4.69) is 26.2 Å². The number of likely N-dealkylation sites (tertiary alicyclic amines) is 2. The van der Waals surface area contributed by atoms with Crippen molar-refractivity contribution in [1.29, 1.82) is 0 Å². The second-order valence-electron chi connectivity index (χ2n) is 8.43. The summed E-state index contributed by atoms with van der Waals surface area (Å²) in [6.07, 6.45) is 8.01. The third-order valence-electron chi connectivity index (χ3n) is 6.26. The summed E-state index contributed by atoms with van der Waals surface area (Å²) >= 11 is 0. The van der Waals surface area contributed by atoms with E-state index in [4.69, 9.17) is 4.42 Å². The minimum absolute atomic E-state index is 0.101. The topological polar surface area (TPSA) is 61.6 Å². The zero-order chi connectivity index (χ0) is 20.1. The Labute approximate surface area is 173 Å². The molecule has 0 spiro atoms. The van der Waals surface area contributed by atoms with Gasteiger partial charge in [0.05, 0.1) is 12.5 Å². The predicted molar refractivity (Wildman–Crippen MR) is 112 cm³/mol. The molecule has 2 fully saturated rings. The molecule has 0 radical (unpaired) electrons. The summed E-state index contributed by atoms with van der Waals surface area (Å²) in [7, 11) is 0. The molecule has 0 saturated carbocycles. The highest BCUT2D eigenvalue weighted by atomic mass is 16.3. The number of hydrogen-bond donors (Lipinski definition) is 1. The number of piperidine rings is 2. The van der Waals surface area contributed by atoms with Crippen molar-refractivity contribution in [2.45, 2.75) is 51.7 Å². The summed E-state index contributed by atoms with van der Waals surface area (Å²) in [5, 5.41) is 3.10. The van der Waals surface area contributed by atoms with Crippen LogP contribution in [0.15, 0.2) is 41.1 Å². The van der Waals surface area contributed by atoms with E-state index in [9.17, 15) is 4.79 Å². The molecule has 2 aliphatic rings. The molecule has 1 atom stereocenters. The van der Waals surface area contributed by atoms with Crippen LogP contribution in [0.5, 0.6) is 0 Å². The second-order valence-corrected chi connectivity index (χ2v) is 8.43. The van der Waals surface area contributed by atoms with Crippen molar-refractivity contribution in [2.24, 2.45) is 5.92 Å². The average molecular weight is 397 g/mol. The van der Waals surface area contributed by atoms with E-state index in [0.29, 0.717) is 12.6 Å². The van der Waals surface area contributed by atoms with Gasteiger partial charge >= 0.3 is 0 Å². The number of aryl methyl sites for hydroxylation is 1. The molecule has 1 N–H and O–H groups in total. The van der Waals surface area contributed by atoms with Crippen LogP contribution < -0.4 is 5.32 Å². The van der Waals surface area contributed by atoms with Crippen LogP contribution in [-0.4, -0.2) is 52.9 Å². The van der Waals surface area contributed by atoms with Crippen LogP contribution in [0.3, 0.4) is 0 Å². The molecule has 1 amide bonds. The first kappa shape index (κ1) is 20.1. The molecule has 4 heterocycles. The lowest BCUT2D eigenvalue weighted by Gasteiger charge is -2.41. The number of rotatable bonds is 6. The highest BCUT2D eigenvalue weighted by Crippen LogP contribution is 2.25. The zero-order valence-corrected chi connectivity index (χ0v) is 17.3. The standard InChI is InChI=1S/C23H32N4O2/c1-18-6-7-22(29-18)17-26-12-8-21(9-13-26)27-11-3-5-20(16-27)23(28)25-15-19-4-2-10-24-14-19/h2,4,6-7,10,14,20-21H,3,5,8-9,11-13,15-17H2,1H3,(H,25,28)/t20-/m1/s1. The number of furan rings is 1. The quantitative estimate of drug-likeness (QED) is 0.813. The summed E-state index contributed by atoms with van der Waals surface area (Å²) in [6, 6.07) is 8.62. The van der Waals surface area contributed by atoms with Gasteiger partial charge < -0.3 is 9.73 Å². The summed E-state index contributed by atoms with van der Waals surface area (Å²) in [6.45, 7) is 7.66. The van der Waals surface area contributed by atoms with Gasteiger partial charge in [-0.25, -0.2) is 0 Å². The van der Waals surface area contributed by atoms with Gasteiger partial charge in [-0.2, -0.15) is 0 Å². The molecule has 6 heteroatoms. The predicted octanol–water partition coefficient (Wildman–Crippen LogP) is 2.98. The Morgan fingerprint density at radius 3 is 2.79 bits per heavy atom. The monoisotopic (exact) mass is 396 g/mol. The highest BCUT2D eigenvalue weighted by Gasteiger charge is 2.31. The van der Waals surface area contributed by atoms with E-state index in [-0.39, 0.29) is 11.8 Å². The Hall–Kier alpha value is -2.18. The molecular formula is C23H32N4O2.